The number of rotatable bonds is 6. The van der Waals surface area contributed by atoms with Crippen LogP contribution in [0.1, 0.15) is 11.7 Å². The van der Waals surface area contributed by atoms with Crippen LogP contribution in [0.2, 0.25) is 0 Å². The maximum Gasteiger partial charge on any atom is 0.337 e. The molecule has 3 aromatic rings. The van der Waals surface area contributed by atoms with E-state index in [9.17, 15) is 9.90 Å². The fourth-order valence-corrected chi connectivity index (χ4v) is 3.30. The molecular formula is C20H16O4S. The summed E-state index contributed by atoms with van der Waals surface area (Å²) < 4.78 is 5.82. The molecule has 4 nitrogen and oxygen atoms in total. The van der Waals surface area contributed by atoms with E-state index < -0.39 is 12.1 Å². The van der Waals surface area contributed by atoms with Crippen molar-refractivity contribution in [3.8, 4) is 11.5 Å². The molecule has 0 spiro atoms. The topological polar surface area (TPSA) is 66.8 Å². The van der Waals surface area contributed by atoms with Gasteiger partial charge in [0.2, 0.25) is 0 Å². The van der Waals surface area contributed by atoms with Gasteiger partial charge in [-0.3, -0.25) is 0 Å². The summed E-state index contributed by atoms with van der Waals surface area (Å²) in [7, 11) is 0. The molecule has 0 bridgehead atoms. The molecule has 5 heteroatoms. The SMILES string of the molecule is O=C(O)C(O)c1ccccc1Sc1cccc(Oc2ccccc2)c1. The normalized spacial score (nSPS) is 11.7. The smallest absolute Gasteiger partial charge is 0.337 e. The average molecular weight is 352 g/mol. The van der Waals surface area contributed by atoms with Gasteiger partial charge in [0.05, 0.1) is 0 Å². The van der Waals surface area contributed by atoms with E-state index in [0.29, 0.717) is 16.2 Å². The van der Waals surface area contributed by atoms with Crippen molar-refractivity contribution in [2.45, 2.75) is 15.9 Å². The minimum Gasteiger partial charge on any atom is -0.479 e. The Balaban J connectivity index is 1.82. The Kier molecular flexibility index (Phi) is 5.38. The fourth-order valence-electron chi connectivity index (χ4n) is 2.29. The molecule has 0 saturated heterocycles. The van der Waals surface area contributed by atoms with Crippen LogP contribution in [0.25, 0.3) is 0 Å². The van der Waals surface area contributed by atoms with E-state index in [1.807, 2.05) is 60.7 Å². The number of ether oxygens (including phenoxy) is 1. The Morgan fingerprint density at radius 3 is 2.32 bits per heavy atom. The zero-order valence-electron chi connectivity index (χ0n) is 13.2. The number of hydrogen-bond acceptors (Lipinski definition) is 4. The molecule has 25 heavy (non-hydrogen) atoms. The highest BCUT2D eigenvalue weighted by molar-refractivity contribution is 7.99. The van der Waals surface area contributed by atoms with Gasteiger partial charge in [-0.1, -0.05) is 54.2 Å². The Morgan fingerprint density at radius 2 is 1.56 bits per heavy atom. The van der Waals surface area contributed by atoms with E-state index in [1.165, 1.54) is 11.8 Å². The number of carboxylic acid groups (broad SMARTS) is 1. The summed E-state index contributed by atoms with van der Waals surface area (Å²) in [6.45, 7) is 0. The van der Waals surface area contributed by atoms with Gasteiger partial charge in [0, 0.05) is 15.4 Å². The van der Waals surface area contributed by atoms with Crippen molar-refractivity contribution in [2.75, 3.05) is 0 Å². The molecule has 1 atom stereocenters. The lowest BCUT2D eigenvalue weighted by atomic mass is 10.1. The van der Waals surface area contributed by atoms with E-state index in [2.05, 4.69) is 0 Å². The molecule has 3 aromatic carbocycles. The van der Waals surface area contributed by atoms with Gasteiger partial charge < -0.3 is 14.9 Å². The molecule has 2 N–H and O–H groups in total. The lowest BCUT2D eigenvalue weighted by molar-refractivity contribution is -0.147. The highest BCUT2D eigenvalue weighted by atomic mass is 32.2. The Morgan fingerprint density at radius 1 is 0.880 bits per heavy atom. The van der Waals surface area contributed by atoms with Crippen LogP contribution in [0.5, 0.6) is 11.5 Å². The van der Waals surface area contributed by atoms with Gasteiger partial charge in [0.25, 0.3) is 0 Å². The predicted molar refractivity (Wildman–Crippen MR) is 96.1 cm³/mol. The van der Waals surface area contributed by atoms with Gasteiger partial charge in [-0.25, -0.2) is 4.79 Å². The monoisotopic (exact) mass is 352 g/mol. The van der Waals surface area contributed by atoms with Crippen molar-refractivity contribution in [3.63, 3.8) is 0 Å². The molecule has 0 radical (unpaired) electrons. The average Bonchev–Trinajstić information content (AvgIpc) is 2.63. The van der Waals surface area contributed by atoms with E-state index in [4.69, 9.17) is 9.84 Å². The van der Waals surface area contributed by atoms with Crippen LogP contribution >= 0.6 is 11.8 Å². The van der Waals surface area contributed by atoms with Crippen molar-refractivity contribution >= 4 is 17.7 Å². The molecule has 0 heterocycles. The molecular weight excluding hydrogens is 336 g/mol. The van der Waals surface area contributed by atoms with Crippen LogP contribution in [0.15, 0.2) is 88.7 Å². The molecule has 0 fully saturated rings. The lowest BCUT2D eigenvalue weighted by Gasteiger charge is -2.12. The molecule has 126 valence electrons. The van der Waals surface area contributed by atoms with Crippen molar-refractivity contribution in [1.82, 2.24) is 0 Å². The number of para-hydroxylation sites is 1. The third-order valence-corrected chi connectivity index (χ3v) is 4.54. The van der Waals surface area contributed by atoms with E-state index in [-0.39, 0.29) is 0 Å². The largest absolute Gasteiger partial charge is 0.479 e. The molecule has 0 amide bonds. The maximum atomic E-state index is 11.1. The molecule has 0 aromatic heterocycles. The summed E-state index contributed by atoms with van der Waals surface area (Å²) in [4.78, 5) is 12.7. The number of aliphatic hydroxyl groups is 1. The lowest BCUT2D eigenvalue weighted by Crippen LogP contribution is -2.11. The molecule has 0 saturated carbocycles. The zero-order chi connectivity index (χ0) is 17.6. The first-order chi connectivity index (χ1) is 12.1. The molecule has 0 aliphatic carbocycles. The third-order valence-electron chi connectivity index (χ3n) is 3.46. The van der Waals surface area contributed by atoms with Gasteiger partial charge in [-0.15, -0.1) is 0 Å². The third kappa shape index (κ3) is 4.41. The first kappa shape index (κ1) is 17.1. The van der Waals surface area contributed by atoms with Crippen molar-refractivity contribution in [2.24, 2.45) is 0 Å². The van der Waals surface area contributed by atoms with E-state index in [1.54, 1.807) is 18.2 Å². The molecule has 3 rings (SSSR count). The van der Waals surface area contributed by atoms with Crippen molar-refractivity contribution < 1.29 is 19.7 Å². The second kappa shape index (κ2) is 7.88. The number of aliphatic carboxylic acids is 1. The standard InChI is InChI=1S/C20H16O4S/c21-19(20(22)23)17-11-4-5-12-18(17)25-16-10-6-9-15(13-16)24-14-7-2-1-3-8-14/h1-13,19,21H,(H,22,23). The predicted octanol–water partition coefficient (Wildman–Crippen LogP) is 4.75. The van der Waals surface area contributed by atoms with Crippen LogP contribution in [0, 0.1) is 0 Å². The van der Waals surface area contributed by atoms with Crippen LogP contribution in [0.4, 0.5) is 0 Å². The summed E-state index contributed by atoms with van der Waals surface area (Å²) in [6, 6.07) is 23.9. The fraction of sp³-hybridized carbons (Fsp3) is 0.0500. The molecule has 0 aliphatic heterocycles. The second-order valence-corrected chi connectivity index (χ2v) is 6.39. The Bertz CT molecular complexity index is 864. The van der Waals surface area contributed by atoms with Crippen LogP contribution < -0.4 is 4.74 Å². The summed E-state index contributed by atoms with van der Waals surface area (Å²) in [5, 5.41) is 18.9. The number of carbonyl (C=O) groups is 1. The summed E-state index contributed by atoms with van der Waals surface area (Å²) in [5.74, 6) is 0.160. The highest BCUT2D eigenvalue weighted by Crippen LogP contribution is 2.35. The van der Waals surface area contributed by atoms with Crippen molar-refractivity contribution in [3.05, 3.63) is 84.4 Å². The minimum atomic E-state index is -1.55. The minimum absolute atomic E-state index is 0.370. The highest BCUT2D eigenvalue weighted by Gasteiger charge is 2.19. The van der Waals surface area contributed by atoms with Gasteiger partial charge in [-0.05, 0) is 36.4 Å². The summed E-state index contributed by atoms with van der Waals surface area (Å²) in [5.41, 5.74) is 0.370. The number of aliphatic hydroxyl groups excluding tert-OH is 1. The van der Waals surface area contributed by atoms with Crippen molar-refractivity contribution in [1.29, 1.82) is 0 Å². The molecule has 1 unspecified atom stereocenters. The quantitative estimate of drug-likeness (QED) is 0.670. The maximum absolute atomic E-state index is 11.1. The Hall–Kier alpha value is -2.76. The first-order valence-corrected chi connectivity index (χ1v) is 8.46. The zero-order valence-corrected chi connectivity index (χ0v) is 14.0. The van der Waals surface area contributed by atoms with E-state index >= 15 is 0 Å². The van der Waals surface area contributed by atoms with E-state index in [0.717, 1.165) is 10.6 Å². The van der Waals surface area contributed by atoms with Crippen LogP contribution in [-0.4, -0.2) is 16.2 Å². The Labute approximate surface area is 149 Å². The first-order valence-electron chi connectivity index (χ1n) is 7.64. The molecule has 0 aliphatic rings. The van der Waals surface area contributed by atoms with Gasteiger partial charge in [0.1, 0.15) is 11.5 Å². The van der Waals surface area contributed by atoms with Gasteiger partial charge >= 0.3 is 5.97 Å². The van der Waals surface area contributed by atoms with Crippen LogP contribution in [0.3, 0.4) is 0 Å². The summed E-state index contributed by atoms with van der Waals surface area (Å²) >= 11 is 1.38. The number of benzene rings is 3. The number of hydrogen-bond donors (Lipinski definition) is 2. The van der Waals surface area contributed by atoms with Gasteiger partial charge in [0.15, 0.2) is 6.10 Å². The van der Waals surface area contributed by atoms with Gasteiger partial charge in [-0.2, -0.15) is 0 Å². The number of carboxylic acids is 1. The second-order valence-electron chi connectivity index (χ2n) is 5.27. The van der Waals surface area contributed by atoms with Crippen LogP contribution in [-0.2, 0) is 4.79 Å². The summed E-state index contributed by atoms with van der Waals surface area (Å²) in [6.07, 6.45) is -1.55.